The van der Waals surface area contributed by atoms with Crippen LogP contribution in [0.3, 0.4) is 0 Å². The molecule has 2 amide bonds. The van der Waals surface area contributed by atoms with E-state index in [1.165, 1.54) is 26.1 Å². The smallest absolute Gasteiger partial charge is 0.391 e. The molecular weight excluding hydrogens is 506 g/mol. The second-order valence-electron chi connectivity index (χ2n) is 9.04. The quantitative estimate of drug-likeness (QED) is 0.187. The Kier molecular flexibility index (Phi) is 7.56. The van der Waals surface area contributed by atoms with Gasteiger partial charge in [-0.25, -0.2) is 13.9 Å². The predicted octanol–water partition coefficient (Wildman–Crippen LogP) is 2.78. The molecule has 1 saturated heterocycles. The van der Waals surface area contributed by atoms with E-state index in [1.807, 2.05) is 11.8 Å². The number of fused-ring (bicyclic) bond motifs is 1. The van der Waals surface area contributed by atoms with Gasteiger partial charge in [0, 0.05) is 25.3 Å². The van der Waals surface area contributed by atoms with Gasteiger partial charge in [-0.05, 0) is 50.1 Å². The highest BCUT2D eigenvalue weighted by molar-refractivity contribution is 6.19. The highest BCUT2D eigenvalue weighted by Crippen LogP contribution is 2.36. The van der Waals surface area contributed by atoms with Gasteiger partial charge in [0.15, 0.2) is 5.65 Å². The molecule has 0 saturated carbocycles. The van der Waals surface area contributed by atoms with Crippen molar-refractivity contribution in [3.8, 4) is 0 Å². The van der Waals surface area contributed by atoms with Crippen LogP contribution < -0.4 is 20.9 Å². The fourth-order valence-corrected chi connectivity index (χ4v) is 4.45. The Labute approximate surface area is 215 Å². The van der Waals surface area contributed by atoms with Crippen LogP contribution in [0.5, 0.6) is 0 Å². The van der Waals surface area contributed by atoms with Crippen LogP contribution in [0.15, 0.2) is 53.9 Å². The van der Waals surface area contributed by atoms with Crippen LogP contribution in [0, 0.1) is 12.7 Å². The Morgan fingerprint density at radius 3 is 2.61 bits per heavy atom. The fraction of sp³-hybridized carbons (Fsp3) is 0.360. The average Bonchev–Trinajstić information content (AvgIpc) is 3.45. The average molecular weight is 534 g/mol. The van der Waals surface area contributed by atoms with E-state index in [0.717, 1.165) is 5.69 Å². The molecule has 1 unspecified atom stereocenters. The number of imidazole rings is 1. The minimum absolute atomic E-state index is 0.112. The van der Waals surface area contributed by atoms with Crippen LogP contribution in [0.4, 0.5) is 23.4 Å². The minimum atomic E-state index is -4.63. The van der Waals surface area contributed by atoms with E-state index in [0.29, 0.717) is 23.4 Å². The monoisotopic (exact) mass is 533 g/mol. The van der Waals surface area contributed by atoms with E-state index in [4.69, 9.17) is 0 Å². The van der Waals surface area contributed by atoms with Gasteiger partial charge in [-0.3, -0.25) is 9.59 Å². The largest absolute Gasteiger partial charge is 0.405 e. The first kappa shape index (κ1) is 26.9. The molecule has 1 fully saturated rings. The lowest BCUT2D eigenvalue weighted by Crippen LogP contribution is -2.44. The molecule has 0 bridgehead atoms. The number of amides is 2. The number of anilines is 1. The third-order valence-electron chi connectivity index (χ3n) is 6.34. The van der Waals surface area contributed by atoms with Crippen molar-refractivity contribution >= 4 is 23.3 Å². The molecule has 4 rings (SSSR count). The second-order valence-corrected chi connectivity index (χ2v) is 9.04. The molecule has 2 atom stereocenters. The Hall–Kier alpha value is -4.16. The molecule has 3 N–H and O–H groups in total. The summed E-state index contributed by atoms with van der Waals surface area (Å²) >= 11 is 0. The summed E-state index contributed by atoms with van der Waals surface area (Å²) in [5, 5.41) is 11.8. The third-order valence-corrected chi connectivity index (χ3v) is 6.34. The second kappa shape index (κ2) is 10.7. The number of alkyl halides is 3. The molecular formula is C25H27F4N7O2. The van der Waals surface area contributed by atoms with Gasteiger partial charge in [-0.15, -0.1) is 5.10 Å². The molecule has 13 heteroatoms. The number of allylic oxidation sites excluding steroid dienone is 1. The van der Waals surface area contributed by atoms with Crippen molar-refractivity contribution in [2.45, 2.75) is 38.5 Å². The van der Waals surface area contributed by atoms with E-state index >= 15 is 0 Å². The number of aromatic nitrogens is 3. The number of rotatable bonds is 7. The minimum Gasteiger partial charge on any atom is -0.391 e. The Morgan fingerprint density at radius 2 is 1.92 bits per heavy atom. The van der Waals surface area contributed by atoms with Gasteiger partial charge in [-0.1, -0.05) is 12.1 Å². The first-order valence-electron chi connectivity index (χ1n) is 11.8. The molecule has 3 aromatic rings. The lowest BCUT2D eigenvalue weighted by Gasteiger charge is -2.26. The first-order chi connectivity index (χ1) is 18.0. The molecule has 38 heavy (non-hydrogen) atoms. The molecule has 3 heterocycles. The zero-order chi connectivity index (χ0) is 27.6. The van der Waals surface area contributed by atoms with Crippen LogP contribution in [0.25, 0.3) is 5.65 Å². The number of nitrogens with zero attached hydrogens (tertiary/aromatic N) is 4. The van der Waals surface area contributed by atoms with E-state index in [1.54, 1.807) is 40.3 Å². The van der Waals surface area contributed by atoms with Crippen molar-refractivity contribution < 1.29 is 27.2 Å². The van der Waals surface area contributed by atoms with Crippen LogP contribution in [-0.4, -0.2) is 58.8 Å². The molecule has 2 aromatic heterocycles. The van der Waals surface area contributed by atoms with Crippen LogP contribution in [0.2, 0.25) is 0 Å². The summed E-state index contributed by atoms with van der Waals surface area (Å²) in [5.74, 6) is -1.82. The molecule has 1 aromatic carbocycles. The zero-order valence-electron chi connectivity index (χ0n) is 20.9. The maximum atomic E-state index is 14.1. The molecule has 9 nitrogen and oxygen atoms in total. The Bertz CT molecular complexity index is 1390. The maximum absolute atomic E-state index is 14.1. The topological polar surface area (TPSA) is 104 Å². The maximum Gasteiger partial charge on any atom is 0.405 e. The summed E-state index contributed by atoms with van der Waals surface area (Å²) in [7, 11) is 1.46. The zero-order valence-corrected chi connectivity index (χ0v) is 20.9. The Balaban J connectivity index is 1.61. The number of halogens is 4. The van der Waals surface area contributed by atoms with Gasteiger partial charge < -0.3 is 20.9 Å². The molecule has 1 aliphatic heterocycles. The number of benzene rings is 1. The Morgan fingerprint density at radius 1 is 1.16 bits per heavy atom. The number of hydrogen-bond donors (Lipinski definition) is 3. The van der Waals surface area contributed by atoms with Gasteiger partial charge in [0.05, 0.1) is 17.9 Å². The van der Waals surface area contributed by atoms with E-state index in [-0.39, 0.29) is 18.3 Å². The number of carbonyl (C=O) groups is 2. The van der Waals surface area contributed by atoms with Gasteiger partial charge >= 0.3 is 6.18 Å². The van der Waals surface area contributed by atoms with Crippen molar-refractivity contribution in [2.24, 2.45) is 0 Å². The summed E-state index contributed by atoms with van der Waals surface area (Å²) in [5.41, 5.74) is 1.79. The summed E-state index contributed by atoms with van der Waals surface area (Å²) < 4.78 is 53.7. The number of carbonyl (C=O) groups excluding carboxylic acids is 2. The van der Waals surface area contributed by atoms with Gasteiger partial charge in [0.25, 0.3) is 11.8 Å². The lowest BCUT2D eigenvalue weighted by molar-refractivity contribution is -0.137. The standard InChI is InChI=1S/C25H27F4N7O2/c1-14-11-31-20-7-8-21(34-36(14)20)35-12-18(10-19(35)16-5-4-6-17(26)9-16)33-24(38)22(15(2)30-3)23(37)32-13-25(27,28)29/h4-9,11,18-19,30H,10,12-13H2,1-3H3,(H,32,37)(H,33,38)/b22-15+/t18?,19-/m1/s1. The van der Waals surface area contributed by atoms with E-state index < -0.39 is 42.0 Å². The number of aryl methyl sites for hydroxylation is 1. The summed E-state index contributed by atoms with van der Waals surface area (Å²) in [6, 6.07) is 8.78. The normalized spacial score (nSPS) is 18.3. The lowest BCUT2D eigenvalue weighted by atomic mass is 10.0. The predicted molar refractivity (Wildman–Crippen MR) is 132 cm³/mol. The SMILES string of the molecule is CN/C(C)=C(\C(=O)NCC(F)(F)F)C(=O)NC1C[C@H](c2cccc(F)c2)N(c2ccc3ncc(C)n3n2)C1. The van der Waals surface area contributed by atoms with Crippen molar-refractivity contribution in [1.29, 1.82) is 0 Å². The van der Waals surface area contributed by atoms with Crippen LogP contribution in [0.1, 0.15) is 30.6 Å². The van der Waals surface area contributed by atoms with Crippen molar-refractivity contribution in [1.82, 2.24) is 30.5 Å². The van der Waals surface area contributed by atoms with Gasteiger partial charge in [-0.2, -0.15) is 13.2 Å². The van der Waals surface area contributed by atoms with Crippen molar-refractivity contribution in [2.75, 3.05) is 25.0 Å². The number of hydrogen-bond acceptors (Lipinski definition) is 6. The van der Waals surface area contributed by atoms with Crippen molar-refractivity contribution in [3.05, 3.63) is 70.9 Å². The molecule has 0 aliphatic carbocycles. The molecule has 202 valence electrons. The molecule has 0 spiro atoms. The highest BCUT2D eigenvalue weighted by Gasteiger charge is 2.37. The highest BCUT2D eigenvalue weighted by atomic mass is 19.4. The van der Waals surface area contributed by atoms with Gasteiger partial charge in [0.1, 0.15) is 23.8 Å². The summed E-state index contributed by atoms with van der Waals surface area (Å²) in [4.78, 5) is 31.8. The first-order valence-corrected chi connectivity index (χ1v) is 11.8. The molecule has 0 radical (unpaired) electrons. The molecule has 1 aliphatic rings. The van der Waals surface area contributed by atoms with E-state index in [2.05, 4.69) is 20.7 Å². The van der Waals surface area contributed by atoms with Crippen LogP contribution >= 0.6 is 0 Å². The number of nitrogens with one attached hydrogen (secondary N) is 3. The summed E-state index contributed by atoms with van der Waals surface area (Å²) in [6.07, 6.45) is -2.60. The van der Waals surface area contributed by atoms with Crippen LogP contribution in [-0.2, 0) is 9.59 Å². The van der Waals surface area contributed by atoms with Crippen molar-refractivity contribution in [3.63, 3.8) is 0 Å². The fourth-order valence-electron chi connectivity index (χ4n) is 4.45. The van der Waals surface area contributed by atoms with Gasteiger partial charge in [0.2, 0.25) is 0 Å². The van der Waals surface area contributed by atoms with E-state index in [9.17, 15) is 27.2 Å². The summed E-state index contributed by atoms with van der Waals surface area (Å²) in [6.45, 7) is 1.97. The third kappa shape index (κ3) is 5.87.